The third-order valence-electron chi connectivity index (χ3n) is 18.6. The second-order valence-corrected chi connectivity index (χ2v) is 34.9. The smallest absolute Gasteiger partial charge is 0.366 e. The molecular formula is C96H72Au4P4+4. The molecule has 0 aromatic heterocycles. The molecule has 0 aliphatic heterocycles. The predicted octanol–water partition coefficient (Wildman–Crippen LogP) is 16.3. The molecule has 0 saturated heterocycles. The van der Waals surface area contributed by atoms with Crippen molar-refractivity contribution in [1.29, 1.82) is 0 Å². The number of benzene rings is 14. The van der Waals surface area contributed by atoms with Crippen LogP contribution in [0.1, 0.15) is 58.4 Å². The van der Waals surface area contributed by atoms with Crippen LogP contribution < -0.4 is 63.7 Å². The standard InChI is InChI=1S/2C30H24P2.C19H12.C17H8.4Au/c2*1-5-15-25(16-6-1)31(26-17-7-2-8-18-26)29-23-13-14-24-30(29)32(27-19-9-3-10-20-27)28-21-11-4-12-22-28;1-5-13-7-9-17-15(11-13)16-12-14(6-2)8-10-18(16)19(17,3)4;1-3-12-5-7-14-11-15-8-6-13(4-2)10-17(15)16(14)9-12;;;;/h2*1-24H;7-12H,3-4H3;5-10H,11H2;;;;/q;;2*-2;4*+1/p+4. The molecule has 104 heavy (non-hydrogen) atoms. The summed E-state index contributed by atoms with van der Waals surface area (Å²) < 4.78 is 0. The first-order chi connectivity index (χ1) is 49.2. The van der Waals surface area contributed by atoms with E-state index in [1.165, 1.54) is 85.9 Å². The van der Waals surface area contributed by atoms with E-state index in [1.54, 1.807) is 0 Å². The van der Waals surface area contributed by atoms with E-state index < -0.39 is 31.7 Å². The Bertz CT molecular complexity index is 4610. The average molecular weight is 2140 g/mol. The van der Waals surface area contributed by atoms with Crippen molar-refractivity contribution < 1.29 is 89.5 Å². The number of hydrogen-bond acceptors (Lipinski definition) is 0. The molecule has 0 fully saturated rings. The summed E-state index contributed by atoms with van der Waals surface area (Å²) in [6, 6.07) is 131. The largest absolute Gasteiger partial charge is 1.00 e. The van der Waals surface area contributed by atoms with Crippen molar-refractivity contribution >= 4 is 95.3 Å². The predicted molar refractivity (Wildman–Crippen MR) is 437 cm³/mol. The van der Waals surface area contributed by atoms with Crippen molar-refractivity contribution in [3.05, 3.63) is 434 Å². The van der Waals surface area contributed by atoms with Crippen LogP contribution in [-0.4, -0.2) is 0 Å². The van der Waals surface area contributed by atoms with E-state index >= 15 is 0 Å². The van der Waals surface area contributed by atoms with Crippen molar-refractivity contribution in [3.63, 3.8) is 0 Å². The molecule has 0 heterocycles. The molecule has 0 radical (unpaired) electrons. The first kappa shape index (κ1) is 80.1. The summed E-state index contributed by atoms with van der Waals surface area (Å²) >= 11 is 0. The third kappa shape index (κ3) is 18.4. The van der Waals surface area contributed by atoms with Gasteiger partial charge in [-0.25, -0.2) is 0 Å². The molecular weight excluding hydrogens is 2060 g/mol. The summed E-state index contributed by atoms with van der Waals surface area (Å²) in [5.74, 6) is 9.71. The van der Waals surface area contributed by atoms with Crippen LogP contribution in [0.2, 0.25) is 0 Å². The molecule has 0 amide bonds. The van der Waals surface area contributed by atoms with Crippen molar-refractivity contribution in [2.75, 3.05) is 0 Å². The molecule has 516 valence electrons. The average Bonchev–Trinajstić information content (AvgIpc) is 1.55. The summed E-state index contributed by atoms with van der Waals surface area (Å²) in [5.41, 5.74) is 12.8. The van der Waals surface area contributed by atoms with Crippen LogP contribution in [0.15, 0.2) is 364 Å². The molecule has 0 saturated carbocycles. The minimum Gasteiger partial charge on any atom is -0.366 e. The maximum Gasteiger partial charge on any atom is 1.00 e. The second kappa shape index (κ2) is 38.8. The van der Waals surface area contributed by atoms with Crippen LogP contribution in [0, 0.1) is 49.4 Å². The Morgan fingerprint density at radius 2 is 0.413 bits per heavy atom. The van der Waals surface area contributed by atoms with Crippen LogP contribution in [0.25, 0.3) is 22.3 Å². The summed E-state index contributed by atoms with van der Waals surface area (Å²) in [7, 11) is -4.56. The van der Waals surface area contributed by atoms with E-state index in [9.17, 15) is 0 Å². The van der Waals surface area contributed by atoms with Gasteiger partial charge in [0.15, 0.2) is 0 Å². The van der Waals surface area contributed by atoms with Crippen molar-refractivity contribution in [1.82, 2.24) is 0 Å². The van der Waals surface area contributed by atoms with E-state index in [2.05, 4.69) is 353 Å². The van der Waals surface area contributed by atoms with Gasteiger partial charge in [0, 0.05) is 5.41 Å². The number of hydrogen-bond donors (Lipinski definition) is 0. The summed E-state index contributed by atoms with van der Waals surface area (Å²) in [5, 5.41) is 17.4. The van der Waals surface area contributed by atoms with Crippen molar-refractivity contribution in [2.45, 2.75) is 25.7 Å². The van der Waals surface area contributed by atoms with Gasteiger partial charge in [0.2, 0.25) is 0 Å². The van der Waals surface area contributed by atoms with Crippen LogP contribution in [0.5, 0.6) is 0 Å². The fourth-order valence-electron chi connectivity index (χ4n) is 13.8. The van der Waals surface area contributed by atoms with Gasteiger partial charge in [-0.2, -0.15) is 0 Å². The summed E-state index contributed by atoms with van der Waals surface area (Å²) in [6.45, 7) is 4.42. The molecule has 2 aliphatic rings. The maximum absolute atomic E-state index is 7.28. The SMILES string of the molecule is [Au+].[Au+].[Au+].[Au+].[C-]#Cc1ccc2c(c1)-c1cc(C#[C-])ccc1C2.[C-]#Cc1ccc2c(c1)-c1cc(C#[C-])ccc1C2(C)C.c1ccc([PH+](c2ccccc2)c2ccccc2[PH+](c2ccccc2)c2ccccc2)cc1.c1ccc([PH+](c2ccccc2)c2ccccc2[PH+](c2ccccc2)c2ccccc2)cc1. The van der Waals surface area contributed by atoms with Gasteiger partial charge in [0.05, 0.1) is 0 Å². The Hall–Kier alpha value is -8.00. The van der Waals surface area contributed by atoms with E-state index in [4.69, 9.17) is 25.7 Å². The molecule has 8 heteroatoms. The quantitative estimate of drug-likeness (QED) is 0.0495. The van der Waals surface area contributed by atoms with Gasteiger partial charge in [-0.15, -0.1) is 70.8 Å². The van der Waals surface area contributed by atoms with Crippen LogP contribution >= 0.6 is 31.7 Å². The molecule has 16 rings (SSSR count). The van der Waals surface area contributed by atoms with Gasteiger partial charge in [-0.05, 0) is 172 Å². The molecule has 0 bridgehead atoms. The van der Waals surface area contributed by atoms with E-state index in [0.717, 1.165) is 50.9 Å². The topological polar surface area (TPSA) is 0 Å². The monoisotopic (exact) mass is 2140 g/mol. The van der Waals surface area contributed by atoms with Gasteiger partial charge < -0.3 is 25.7 Å². The van der Waals surface area contributed by atoms with Crippen LogP contribution in [0.4, 0.5) is 0 Å². The second-order valence-electron chi connectivity index (χ2n) is 25.1. The zero-order chi connectivity index (χ0) is 68.6. The fourth-order valence-corrected chi connectivity index (χ4v) is 25.8. The van der Waals surface area contributed by atoms with E-state index in [0.29, 0.717) is 0 Å². The first-order valence-corrected chi connectivity index (χ1v) is 39.6. The molecule has 0 N–H and O–H groups in total. The zero-order valence-electron chi connectivity index (χ0n) is 57.1. The van der Waals surface area contributed by atoms with Crippen LogP contribution in [-0.2, 0) is 101 Å². The zero-order valence-corrected chi connectivity index (χ0v) is 69.7. The van der Waals surface area contributed by atoms with Gasteiger partial charge in [0.1, 0.15) is 95.3 Å². The molecule has 0 atom stereocenters. The summed E-state index contributed by atoms with van der Waals surface area (Å²) in [6.07, 6.45) is 29.8. The number of fused-ring (bicyclic) bond motifs is 6. The van der Waals surface area contributed by atoms with Gasteiger partial charge in [-0.3, -0.25) is 23.7 Å². The van der Waals surface area contributed by atoms with E-state index in [-0.39, 0.29) is 94.9 Å². The Labute approximate surface area is 683 Å². The van der Waals surface area contributed by atoms with Crippen LogP contribution in [0.3, 0.4) is 0 Å². The van der Waals surface area contributed by atoms with E-state index in [1.807, 2.05) is 48.5 Å². The Morgan fingerprint density at radius 1 is 0.231 bits per heavy atom. The Morgan fingerprint density at radius 3 is 0.615 bits per heavy atom. The van der Waals surface area contributed by atoms with Crippen molar-refractivity contribution in [3.8, 4) is 45.9 Å². The number of rotatable bonds is 12. The minimum atomic E-state index is -1.14. The van der Waals surface area contributed by atoms with Gasteiger partial charge in [0.25, 0.3) is 0 Å². The molecule has 0 nitrogen and oxygen atoms in total. The molecule has 14 aromatic rings. The van der Waals surface area contributed by atoms with Gasteiger partial charge in [-0.1, -0.05) is 208 Å². The molecule has 2 aliphatic carbocycles. The maximum atomic E-state index is 7.28. The molecule has 0 unspecified atom stereocenters. The Kier molecular flexibility index (Phi) is 29.9. The third-order valence-corrected chi connectivity index (χ3v) is 30.3. The molecule has 0 spiro atoms. The Balaban J connectivity index is 0.000000164. The minimum absolute atomic E-state index is 0. The summed E-state index contributed by atoms with van der Waals surface area (Å²) in [4.78, 5) is 0. The normalized spacial score (nSPS) is 11.2. The molecule has 14 aromatic carbocycles. The fraction of sp³-hybridized carbons (Fsp3) is 0.0417. The van der Waals surface area contributed by atoms with Gasteiger partial charge >= 0.3 is 89.5 Å². The van der Waals surface area contributed by atoms with Crippen molar-refractivity contribution in [2.24, 2.45) is 0 Å². The first-order valence-electron chi connectivity index (χ1n) is 33.6.